The average molecular weight is 227 g/mol. The van der Waals surface area contributed by atoms with Gasteiger partial charge in [-0.3, -0.25) is 0 Å². The van der Waals surface area contributed by atoms with E-state index in [9.17, 15) is 0 Å². The van der Waals surface area contributed by atoms with E-state index in [0.717, 1.165) is 13.0 Å². The van der Waals surface area contributed by atoms with Crippen LogP contribution in [0, 0.1) is 5.92 Å². The second kappa shape index (κ2) is 5.33. The highest BCUT2D eigenvalue weighted by molar-refractivity contribution is 5.82. The fourth-order valence-corrected chi connectivity index (χ4v) is 2.46. The molecule has 0 radical (unpaired) electrons. The number of benzene rings is 2. The van der Waals surface area contributed by atoms with Gasteiger partial charge in [-0.05, 0) is 42.8 Å². The van der Waals surface area contributed by atoms with Gasteiger partial charge in [0.05, 0.1) is 0 Å². The molecular weight excluding hydrogens is 206 g/mol. The van der Waals surface area contributed by atoms with Gasteiger partial charge >= 0.3 is 0 Å². The van der Waals surface area contributed by atoms with Crippen LogP contribution in [0.1, 0.15) is 12.5 Å². The quantitative estimate of drug-likeness (QED) is 0.771. The second-order valence-corrected chi connectivity index (χ2v) is 5.25. The third-order valence-electron chi connectivity index (χ3n) is 3.07. The highest BCUT2D eigenvalue weighted by atomic mass is 15.1. The zero-order chi connectivity index (χ0) is 12.3. The van der Waals surface area contributed by atoms with Crippen molar-refractivity contribution in [1.82, 2.24) is 4.90 Å². The average Bonchev–Trinajstić information content (AvgIpc) is 2.27. The zero-order valence-electron chi connectivity index (χ0n) is 11.0. The van der Waals surface area contributed by atoms with Crippen LogP contribution in [0.4, 0.5) is 0 Å². The molecule has 0 aromatic heterocycles. The smallest absolute Gasteiger partial charge is 0.000410 e. The second-order valence-electron chi connectivity index (χ2n) is 5.25. The van der Waals surface area contributed by atoms with E-state index in [-0.39, 0.29) is 0 Å². The first-order valence-electron chi connectivity index (χ1n) is 6.27. The maximum absolute atomic E-state index is 2.32. The molecule has 0 unspecified atom stereocenters. The summed E-state index contributed by atoms with van der Waals surface area (Å²) in [4.78, 5) is 2.26. The van der Waals surface area contributed by atoms with Gasteiger partial charge in [0.2, 0.25) is 0 Å². The standard InChI is InChI=1S/C16H21N/c1-13(12-17(2)3)10-14-8-9-15-6-4-5-7-16(15)11-14/h4-9,11,13H,10,12H2,1-3H3/t13-/m0/s1. The van der Waals surface area contributed by atoms with Gasteiger partial charge in [0.1, 0.15) is 0 Å². The van der Waals surface area contributed by atoms with E-state index < -0.39 is 0 Å². The summed E-state index contributed by atoms with van der Waals surface area (Å²) in [5, 5.41) is 2.68. The summed E-state index contributed by atoms with van der Waals surface area (Å²) >= 11 is 0. The Balaban J connectivity index is 2.14. The van der Waals surface area contributed by atoms with Gasteiger partial charge < -0.3 is 4.90 Å². The molecule has 0 amide bonds. The molecule has 1 heteroatoms. The van der Waals surface area contributed by atoms with E-state index >= 15 is 0 Å². The van der Waals surface area contributed by atoms with Gasteiger partial charge in [-0.1, -0.05) is 49.4 Å². The van der Waals surface area contributed by atoms with Crippen LogP contribution < -0.4 is 0 Å². The number of nitrogens with zero attached hydrogens (tertiary/aromatic N) is 1. The van der Waals surface area contributed by atoms with Gasteiger partial charge in [-0.25, -0.2) is 0 Å². The number of rotatable bonds is 4. The minimum Gasteiger partial charge on any atom is -0.309 e. The van der Waals surface area contributed by atoms with Crippen molar-refractivity contribution in [2.75, 3.05) is 20.6 Å². The van der Waals surface area contributed by atoms with Crippen molar-refractivity contribution in [1.29, 1.82) is 0 Å². The van der Waals surface area contributed by atoms with Gasteiger partial charge in [-0.2, -0.15) is 0 Å². The molecule has 0 fully saturated rings. The summed E-state index contributed by atoms with van der Waals surface area (Å²) in [5.41, 5.74) is 1.44. The summed E-state index contributed by atoms with van der Waals surface area (Å²) in [6.07, 6.45) is 1.16. The molecule has 0 aliphatic heterocycles. The lowest BCUT2D eigenvalue weighted by atomic mass is 9.98. The molecule has 1 nitrogen and oxygen atoms in total. The molecule has 0 bridgehead atoms. The highest BCUT2D eigenvalue weighted by Gasteiger charge is 2.05. The molecule has 90 valence electrons. The van der Waals surface area contributed by atoms with E-state index in [1.54, 1.807) is 0 Å². The molecule has 17 heavy (non-hydrogen) atoms. The van der Waals surface area contributed by atoms with Crippen molar-refractivity contribution >= 4 is 10.8 Å². The SMILES string of the molecule is C[C@@H](Cc1ccc2ccccc2c1)CN(C)C. The maximum atomic E-state index is 2.32. The van der Waals surface area contributed by atoms with Crippen LogP contribution in [0.25, 0.3) is 10.8 Å². The summed E-state index contributed by atoms with van der Waals surface area (Å²) in [7, 11) is 4.27. The fourth-order valence-electron chi connectivity index (χ4n) is 2.46. The molecule has 2 aromatic carbocycles. The van der Waals surface area contributed by atoms with Crippen LogP contribution in [0.2, 0.25) is 0 Å². The van der Waals surface area contributed by atoms with E-state index in [2.05, 4.69) is 68.4 Å². The van der Waals surface area contributed by atoms with E-state index in [1.807, 2.05) is 0 Å². The normalized spacial score (nSPS) is 13.2. The molecular formula is C16H21N. The van der Waals surface area contributed by atoms with Crippen molar-refractivity contribution in [2.45, 2.75) is 13.3 Å². The minimum absolute atomic E-state index is 0.700. The highest BCUT2D eigenvalue weighted by Crippen LogP contribution is 2.18. The molecule has 0 aliphatic rings. The molecule has 0 spiro atoms. The van der Waals surface area contributed by atoms with Crippen LogP contribution in [0.15, 0.2) is 42.5 Å². The summed E-state index contributed by atoms with van der Waals surface area (Å²) in [6, 6.07) is 15.4. The number of hydrogen-bond donors (Lipinski definition) is 0. The van der Waals surface area contributed by atoms with Gasteiger partial charge in [-0.15, -0.1) is 0 Å². The van der Waals surface area contributed by atoms with Crippen molar-refractivity contribution in [3.05, 3.63) is 48.0 Å². The Morgan fingerprint density at radius 2 is 1.71 bits per heavy atom. The van der Waals surface area contributed by atoms with Gasteiger partial charge in [0.25, 0.3) is 0 Å². The molecule has 2 rings (SSSR count). The van der Waals surface area contributed by atoms with Crippen molar-refractivity contribution < 1.29 is 0 Å². The number of hydrogen-bond acceptors (Lipinski definition) is 1. The van der Waals surface area contributed by atoms with Gasteiger partial charge in [0, 0.05) is 6.54 Å². The van der Waals surface area contributed by atoms with Crippen molar-refractivity contribution in [2.24, 2.45) is 5.92 Å². The third-order valence-corrected chi connectivity index (χ3v) is 3.07. The lowest BCUT2D eigenvalue weighted by Gasteiger charge is -2.17. The Labute approximate surface area is 104 Å². The lowest BCUT2D eigenvalue weighted by Crippen LogP contribution is -2.21. The lowest BCUT2D eigenvalue weighted by molar-refractivity contribution is 0.338. The van der Waals surface area contributed by atoms with Crippen LogP contribution in [-0.2, 0) is 6.42 Å². The third kappa shape index (κ3) is 3.31. The van der Waals surface area contributed by atoms with E-state index in [1.165, 1.54) is 16.3 Å². The van der Waals surface area contributed by atoms with E-state index in [4.69, 9.17) is 0 Å². The predicted molar refractivity (Wildman–Crippen MR) is 75.4 cm³/mol. The Bertz CT molecular complexity index is 488. The first-order chi connectivity index (χ1) is 8.15. The predicted octanol–water partition coefficient (Wildman–Crippen LogP) is 3.58. The van der Waals surface area contributed by atoms with Crippen molar-refractivity contribution in [3.63, 3.8) is 0 Å². The zero-order valence-corrected chi connectivity index (χ0v) is 11.0. The van der Waals surface area contributed by atoms with Crippen LogP contribution in [0.3, 0.4) is 0 Å². The molecule has 2 aromatic rings. The monoisotopic (exact) mass is 227 g/mol. The first kappa shape index (κ1) is 12.1. The minimum atomic E-state index is 0.700. The summed E-state index contributed by atoms with van der Waals surface area (Å²) in [6.45, 7) is 3.46. The van der Waals surface area contributed by atoms with Crippen molar-refractivity contribution in [3.8, 4) is 0 Å². The Hall–Kier alpha value is -1.34. The van der Waals surface area contributed by atoms with Crippen LogP contribution >= 0.6 is 0 Å². The van der Waals surface area contributed by atoms with Crippen LogP contribution in [-0.4, -0.2) is 25.5 Å². The summed E-state index contributed by atoms with van der Waals surface area (Å²) < 4.78 is 0. The summed E-state index contributed by atoms with van der Waals surface area (Å²) in [5.74, 6) is 0.700. The maximum Gasteiger partial charge on any atom is 0.000410 e. The Morgan fingerprint density at radius 3 is 2.41 bits per heavy atom. The molecule has 0 heterocycles. The number of fused-ring (bicyclic) bond motifs is 1. The largest absolute Gasteiger partial charge is 0.309 e. The Kier molecular flexibility index (Phi) is 3.80. The molecule has 1 atom stereocenters. The molecule has 0 N–H and O–H groups in total. The van der Waals surface area contributed by atoms with Gasteiger partial charge in [0.15, 0.2) is 0 Å². The molecule has 0 aliphatic carbocycles. The van der Waals surface area contributed by atoms with Crippen LogP contribution in [0.5, 0.6) is 0 Å². The first-order valence-corrected chi connectivity index (χ1v) is 6.27. The molecule has 0 saturated heterocycles. The molecule has 0 saturated carbocycles. The topological polar surface area (TPSA) is 3.24 Å². The Morgan fingerprint density at radius 1 is 1.00 bits per heavy atom. The van der Waals surface area contributed by atoms with E-state index in [0.29, 0.717) is 5.92 Å². The fraction of sp³-hybridized carbons (Fsp3) is 0.375.